The van der Waals surface area contributed by atoms with Crippen LogP contribution in [-0.2, 0) is 9.53 Å². The molecule has 12 heteroatoms. The summed E-state index contributed by atoms with van der Waals surface area (Å²) in [6.07, 6.45) is 4.31. The zero-order valence-corrected chi connectivity index (χ0v) is 25.4. The van der Waals surface area contributed by atoms with Crippen molar-refractivity contribution in [2.24, 2.45) is 5.73 Å². The maximum absolute atomic E-state index is 15.5. The molecule has 0 bridgehead atoms. The molecule has 0 saturated carbocycles. The van der Waals surface area contributed by atoms with Crippen molar-refractivity contribution >= 4 is 12.0 Å². The number of likely N-dealkylation sites (tertiary alicyclic amines) is 1. The summed E-state index contributed by atoms with van der Waals surface area (Å²) in [5.41, 5.74) is 8.55. The van der Waals surface area contributed by atoms with E-state index in [0.717, 1.165) is 25.2 Å². The van der Waals surface area contributed by atoms with Gasteiger partial charge in [-0.1, -0.05) is 42.5 Å². The van der Waals surface area contributed by atoms with Gasteiger partial charge in [0.05, 0.1) is 35.9 Å². The van der Waals surface area contributed by atoms with Gasteiger partial charge >= 0.3 is 6.09 Å². The number of benzene rings is 3. The van der Waals surface area contributed by atoms with Gasteiger partial charge in [0.25, 0.3) is 5.91 Å². The Hall–Kier alpha value is -5.36. The Labute approximate surface area is 269 Å². The molecule has 5 aromatic rings. The van der Waals surface area contributed by atoms with Crippen molar-refractivity contribution < 1.29 is 23.1 Å². The summed E-state index contributed by atoms with van der Waals surface area (Å²) in [6.45, 7) is 1.37. The lowest BCUT2D eigenvalue weighted by molar-refractivity contribution is -0.141. The van der Waals surface area contributed by atoms with Crippen LogP contribution in [-0.4, -0.2) is 49.9 Å². The number of nitrogens with one attached hydrogen (secondary N) is 3. The Balaban J connectivity index is 1.08. The summed E-state index contributed by atoms with van der Waals surface area (Å²) < 4.78 is 36.0. The molecule has 2 aromatic heterocycles. The van der Waals surface area contributed by atoms with Gasteiger partial charge in [-0.3, -0.25) is 4.79 Å². The number of H-pyrrole nitrogens is 2. The second kappa shape index (κ2) is 12.8. The van der Waals surface area contributed by atoms with E-state index >= 15 is 8.78 Å². The third kappa shape index (κ3) is 6.11. The maximum Gasteiger partial charge on any atom is 0.405 e. The van der Waals surface area contributed by atoms with Gasteiger partial charge in [0, 0.05) is 23.2 Å². The van der Waals surface area contributed by atoms with Gasteiger partial charge in [-0.15, -0.1) is 0 Å². The number of carbonyl (C=O) groups is 2. The molecule has 2 amide bonds. The van der Waals surface area contributed by atoms with Crippen LogP contribution in [0.1, 0.15) is 61.1 Å². The highest BCUT2D eigenvalue weighted by Crippen LogP contribution is 2.36. The molecule has 2 aliphatic rings. The molecular formula is C35H33F2N7O3. The lowest BCUT2D eigenvalue weighted by Crippen LogP contribution is -2.37. The zero-order valence-electron chi connectivity index (χ0n) is 25.4. The average Bonchev–Trinajstić information content (AvgIpc) is 3.90. The Morgan fingerprint density at radius 2 is 1.49 bits per heavy atom. The van der Waals surface area contributed by atoms with Crippen LogP contribution in [0.25, 0.3) is 33.6 Å². The molecule has 240 valence electrons. The molecule has 3 atom stereocenters. The molecule has 5 N–H and O–H groups in total. The minimum atomic E-state index is -1.20. The van der Waals surface area contributed by atoms with Gasteiger partial charge in [-0.25, -0.2) is 23.5 Å². The quantitative estimate of drug-likeness (QED) is 0.157. The Morgan fingerprint density at radius 3 is 2.09 bits per heavy atom. The number of amides is 2. The number of primary amides is 1. The predicted octanol–water partition coefficient (Wildman–Crippen LogP) is 6.34. The second-order valence-corrected chi connectivity index (χ2v) is 11.8. The molecule has 2 aliphatic heterocycles. The van der Waals surface area contributed by atoms with Crippen LogP contribution >= 0.6 is 0 Å². The third-order valence-electron chi connectivity index (χ3n) is 8.85. The van der Waals surface area contributed by atoms with Crippen molar-refractivity contribution in [1.82, 2.24) is 30.2 Å². The zero-order chi connectivity index (χ0) is 32.5. The van der Waals surface area contributed by atoms with Crippen molar-refractivity contribution in [3.05, 3.63) is 108 Å². The minimum absolute atomic E-state index is 0.146. The fourth-order valence-electron chi connectivity index (χ4n) is 6.51. The number of hydrogen-bond acceptors (Lipinski definition) is 6. The topological polar surface area (TPSA) is 142 Å². The number of halogens is 2. The van der Waals surface area contributed by atoms with Crippen LogP contribution in [0.3, 0.4) is 0 Å². The number of nitrogens with two attached hydrogens (primary N) is 1. The van der Waals surface area contributed by atoms with E-state index in [1.165, 1.54) is 18.3 Å². The van der Waals surface area contributed by atoms with Crippen LogP contribution in [0.2, 0.25) is 0 Å². The van der Waals surface area contributed by atoms with Crippen molar-refractivity contribution in [2.75, 3.05) is 13.1 Å². The van der Waals surface area contributed by atoms with Crippen LogP contribution in [0, 0.1) is 11.6 Å². The van der Waals surface area contributed by atoms with Gasteiger partial charge in [-0.05, 0) is 67.6 Å². The van der Waals surface area contributed by atoms with Gasteiger partial charge in [-0.2, -0.15) is 0 Å². The summed E-state index contributed by atoms with van der Waals surface area (Å²) in [5.74, 6) is -0.0816. The molecule has 0 spiro atoms. The first kappa shape index (κ1) is 30.3. The van der Waals surface area contributed by atoms with Crippen LogP contribution in [0.4, 0.5) is 13.6 Å². The van der Waals surface area contributed by atoms with E-state index in [9.17, 15) is 9.59 Å². The summed E-state index contributed by atoms with van der Waals surface area (Å²) >= 11 is 0. The molecular weight excluding hydrogens is 604 g/mol. The molecule has 4 heterocycles. The lowest BCUT2D eigenvalue weighted by Gasteiger charge is -2.27. The summed E-state index contributed by atoms with van der Waals surface area (Å²) in [7, 11) is 0. The summed E-state index contributed by atoms with van der Waals surface area (Å²) in [6, 6.07) is 17.9. The fourth-order valence-corrected chi connectivity index (χ4v) is 6.51. The molecule has 47 heavy (non-hydrogen) atoms. The number of hydrogen-bond donors (Lipinski definition) is 4. The first-order chi connectivity index (χ1) is 22.9. The van der Waals surface area contributed by atoms with Gasteiger partial charge in [0.15, 0.2) is 0 Å². The molecule has 2 saturated heterocycles. The fraction of sp³-hybridized carbons (Fsp3) is 0.257. The molecule has 7 rings (SSSR count). The first-order valence-electron chi connectivity index (χ1n) is 15.6. The highest BCUT2D eigenvalue weighted by molar-refractivity contribution is 5.85. The number of nitrogens with zero attached hydrogens (tertiary/aromatic N) is 3. The van der Waals surface area contributed by atoms with E-state index in [0.29, 0.717) is 58.9 Å². The number of ether oxygens (including phenoxy) is 1. The highest BCUT2D eigenvalue weighted by atomic mass is 19.1. The van der Waals surface area contributed by atoms with Gasteiger partial charge in [0.1, 0.15) is 23.3 Å². The van der Waals surface area contributed by atoms with Crippen molar-refractivity contribution in [3.8, 4) is 33.6 Å². The maximum atomic E-state index is 15.5. The molecule has 0 unspecified atom stereocenters. The number of carbonyl (C=O) groups excluding carboxylic acids is 2. The summed E-state index contributed by atoms with van der Waals surface area (Å²) in [5, 5.41) is 3.38. The second-order valence-electron chi connectivity index (χ2n) is 11.8. The monoisotopic (exact) mass is 637 g/mol. The van der Waals surface area contributed by atoms with E-state index < -0.39 is 35.8 Å². The van der Waals surface area contributed by atoms with Crippen LogP contribution in [0.15, 0.2) is 79.1 Å². The van der Waals surface area contributed by atoms with Crippen LogP contribution in [0.5, 0.6) is 0 Å². The number of imidazole rings is 2. The molecule has 10 nitrogen and oxygen atoms in total. The third-order valence-corrected chi connectivity index (χ3v) is 8.85. The Morgan fingerprint density at radius 1 is 0.851 bits per heavy atom. The summed E-state index contributed by atoms with van der Waals surface area (Å²) in [4.78, 5) is 42.2. The standard InChI is InChI=1S/C35H33F2N7O3/c36-25-16-21(10-12-23(25)28-18-40-32(42-28)27-8-4-14-39-27)22-11-13-24(26(37)17-22)29-19-41-33(43-29)30-9-5-15-44(30)34(45)31(47-35(38)46)20-6-2-1-3-7-20/h1-3,6-7,10-13,16-19,27,30-31,39H,4-5,8-9,14-15H2,(H2,38,46)(H,40,42)(H,41,43)/t27-,30-,31+/m0/s1. The van der Waals surface area contributed by atoms with E-state index in [2.05, 4.69) is 25.3 Å². The van der Waals surface area contributed by atoms with E-state index in [4.69, 9.17) is 10.5 Å². The van der Waals surface area contributed by atoms with E-state index in [1.807, 2.05) is 0 Å². The number of rotatable bonds is 8. The average molecular weight is 638 g/mol. The number of aromatic nitrogens is 4. The van der Waals surface area contributed by atoms with Crippen molar-refractivity contribution in [3.63, 3.8) is 0 Å². The molecule has 2 fully saturated rings. The largest absolute Gasteiger partial charge is 0.431 e. The SMILES string of the molecule is NC(=O)O[C@@H](C(=O)N1CCC[C@H]1c1ncc(-c2ccc(-c3ccc(-c4cnc([C@@H]5CCCN5)[nH]4)c(F)c3)cc2F)[nH]1)c1ccccc1. The molecule has 0 aliphatic carbocycles. The number of aromatic amines is 2. The minimum Gasteiger partial charge on any atom is -0.431 e. The normalized spacial score (nSPS) is 18.4. The van der Waals surface area contributed by atoms with Gasteiger partial charge < -0.3 is 30.7 Å². The first-order valence-corrected chi connectivity index (χ1v) is 15.6. The van der Waals surface area contributed by atoms with E-state index in [-0.39, 0.29) is 11.6 Å². The van der Waals surface area contributed by atoms with Crippen molar-refractivity contribution in [2.45, 2.75) is 43.9 Å². The smallest absolute Gasteiger partial charge is 0.405 e. The van der Waals surface area contributed by atoms with E-state index in [1.54, 1.807) is 65.7 Å². The molecule has 0 radical (unpaired) electrons. The van der Waals surface area contributed by atoms with Gasteiger partial charge in [0.2, 0.25) is 6.10 Å². The predicted molar refractivity (Wildman–Crippen MR) is 170 cm³/mol. The Kier molecular flexibility index (Phi) is 8.25. The van der Waals surface area contributed by atoms with Crippen LogP contribution < -0.4 is 11.1 Å². The Bertz CT molecular complexity index is 1920. The van der Waals surface area contributed by atoms with Crippen molar-refractivity contribution in [1.29, 1.82) is 0 Å². The molecule has 3 aromatic carbocycles. The lowest BCUT2D eigenvalue weighted by atomic mass is 10.00. The highest BCUT2D eigenvalue weighted by Gasteiger charge is 2.38.